The summed E-state index contributed by atoms with van der Waals surface area (Å²) < 4.78 is 83.1. The van der Waals surface area contributed by atoms with E-state index in [1.165, 1.54) is 43.8 Å². The minimum Gasteiger partial charge on any atom is -0.493 e. The third-order valence-electron chi connectivity index (χ3n) is 7.45. The Kier molecular flexibility index (Phi) is 10.7. The number of hydrogen-bond donors (Lipinski definition) is 1. The van der Waals surface area contributed by atoms with Gasteiger partial charge in [-0.1, -0.05) is 13.3 Å². The van der Waals surface area contributed by atoms with Crippen LogP contribution in [0.2, 0.25) is 0 Å². The van der Waals surface area contributed by atoms with Gasteiger partial charge in [-0.25, -0.2) is 23.2 Å². The average molecular weight is 670 g/mol. The molecule has 1 aromatic carbocycles. The van der Waals surface area contributed by atoms with Crippen molar-refractivity contribution in [3.63, 3.8) is 0 Å². The van der Waals surface area contributed by atoms with Crippen molar-refractivity contribution < 1.29 is 45.4 Å². The van der Waals surface area contributed by atoms with E-state index in [4.69, 9.17) is 14.2 Å². The van der Waals surface area contributed by atoms with Gasteiger partial charge in [-0.15, -0.1) is 11.3 Å². The zero-order valence-electron chi connectivity index (χ0n) is 25.2. The van der Waals surface area contributed by atoms with Gasteiger partial charge in [-0.2, -0.15) is 13.2 Å². The van der Waals surface area contributed by atoms with Crippen molar-refractivity contribution in [3.8, 4) is 22.8 Å². The molecule has 3 aromatic rings. The number of methoxy groups -OCH3 is 2. The van der Waals surface area contributed by atoms with Crippen LogP contribution in [0.4, 0.5) is 18.2 Å². The van der Waals surface area contributed by atoms with Gasteiger partial charge < -0.3 is 19.5 Å². The molecular weight excluding hydrogens is 635 g/mol. The smallest absolute Gasteiger partial charge is 0.433 e. The molecule has 2 heterocycles. The summed E-state index contributed by atoms with van der Waals surface area (Å²) in [6.07, 6.45) is -2.06. The molecule has 10 nitrogen and oxygen atoms in total. The lowest BCUT2D eigenvalue weighted by molar-refractivity contribution is -0.141. The van der Waals surface area contributed by atoms with Gasteiger partial charge >= 0.3 is 12.1 Å². The average Bonchev–Trinajstić information content (AvgIpc) is 3.36. The summed E-state index contributed by atoms with van der Waals surface area (Å²) in [5.41, 5.74) is -0.372. The van der Waals surface area contributed by atoms with Crippen molar-refractivity contribution in [2.45, 2.75) is 63.7 Å². The van der Waals surface area contributed by atoms with E-state index in [0.29, 0.717) is 34.7 Å². The van der Waals surface area contributed by atoms with Crippen LogP contribution < -0.4 is 14.8 Å². The summed E-state index contributed by atoms with van der Waals surface area (Å²) >= 11 is 1.31. The van der Waals surface area contributed by atoms with Crippen LogP contribution in [0.1, 0.15) is 66.0 Å². The molecule has 0 saturated heterocycles. The SMILES string of the molecule is CCOC(=O)c1c(NC(=O)CCCS(=O)(=O)c2nc(-c3ccc(OC)c(OC)c3)cc(C(F)(F)F)n2)sc2c1CC[C@H](CC)C2. The van der Waals surface area contributed by atoms with Crippen LogP contribution in [-0.2, 0) is 38.4 Å². The molecule has 15 heteroatoms. The molecule has 0 bridgehead atoms. The Hall–Kier alpha value is -3.72. The summed E-state index contributed by atoms with van der Waals surface area (Å²) in [6, 6.07) is 4.89. The first-order valence-electron chi connectivity index (χ1n) is 14.3. The van der Waals surface area contributed by atoms with Crippen molar-refractivity contribution in [2.75, 3.05) is 31.9 Å². The molecule has 0 fully saturated rings. The van der Waals surface area contributed by atoms with E-state index in [-0.39, 0.29) is 36.5 Å². The fourth-order valence-corrected chi connectivity index (χ4v) is 7.61. The lowest BCUT2D eigenvalue weighted by atomic mass is 9.85. The van der Waals surface area contributed by atoms with E-state index in [1.807, 2.05) is 0 Å². The van der Waals surface area contributed by atoms with Gasteiger partial charge in [0.05, 0.1) is 37.8 Å². The van der Waals surface area contributed by atoms with Crippen LogP contribution in [0, 0.1) is 5.92 Å². The monoisotopic (exact) mass is 669 g/mol. The normalized spacial score (nSPS) is 14.9. The number of anilines is 1. The number of halogens is 3. The van der Waals surface area contributed by atoms with Crippen LogP contribution in [0.25, 0.3) is 11.3 Å². The van der Waals surface area contributed by atoms with Gasteiger partial charge in [0.15, 0.2) is 11.5 Å². The number of ether oxygens (including phenoxy) is 3. The Labute approximate surface area is 263 Å². The summed E-state index contributed by atoms with van der Waals surface area (Å²) in [4.78, 5) is 33.9. The highest BCUT2D eigenvalue weighted by Gasteiger charge is 2.36. The fourth-order valence-electron chi connectivity index (χ4n) is 5.07. The van der Waals surface area contributed by atoms with Gasteiger partial charge in [0, 0.05) is 16.9 Å². The molecular formula is C30H34F3N3O7S2. The third-order valence-corrected chi connectivity index (χ3v) is 10.2. The number of nitrogens with zero attached hydrogens (tertiary/aromatic N) is 2. The molecule has 0 spiro atoms. The predicted octanol–water partition coefficient (Wildman–Crippen LogP) is 6.13. The van der Waals surface area contributed by atoms with E-state index >= 15 is 0 Å². The Morgan fingerprint density at radius 2 is 1.82 bits per heavy atom. The highest BCUT2D eigenvalue weighted by molar-refractivity contribution is 7.91. The van der Waals surface area contributed by atoms with Gasteiger partial charge in [0.1, 0.15) is 10.7 Å². The molecule has 0 saturated carbocycles. The lowest BCUT2D eigenvalue weighted by Gasteiger charge is -2.20. The highest BCUT2D eigenvalue weighted by Crippen LogP contribution is 2.41. The predicted molar refractivity (Wildman–Crippen MR) is 162 cm³/mol. The maximum atomic E-state index is 13.7. The van der Waals surface area contributed by atoms with Crippen LogP contribution in [0.15, 0.2) is 29.4 Å². The summed E-state index contributed by atoms with van der Waals surface area (Å²) in [7, 11) is -1.70. The van der Waals surface area contributed by atoms with Crippen LogP contribution >= 0.6 is 11.3 Å². The van der Waals surface area contributed by atoms with E-state index in [2.05, 4.69) is 22.2 Å². The van der Waals surface area contributed by atoms with E-state index in [9.17, 15) is 31.2 Å². The standard InChI is InChI=1S/C30H34F3N3O7S2/c1-5-17-9-11-19-23(14-17)44-27(26(19)28(38)43-6-2)36-25(37)8-7-13-45(39,40)29-34-20(16-24(35-29)30(31,32)33)18-10-12-21(41-3)22(15-18)42-4/h10,12,15-17H,5-9,11,13-14H2,1-4H3,(H,36,37)/t17-/m0/s1. The molecule has 45 heavy (non-hydrogen) atoms. The number of rotatable bonds is 12. The van der Waals surface area contributed by atoms with Gasteiger partial charge in [-0.3, -0.25) is 4.79 Å². The molecule has 0 aliphatic heterocycles. The first kappa shape index (κ1) is 34.2. The fraction of sp³-hybridized carbons (Fsp3) is 0.467. The highest BCUT2D eigenvalue weighted by atomic mass is 32.2. The number of carbonyl (C=O) groups is 2. The van der Waals surface area contributed by atoms with Crippen molar-refractivity contribution >= 4 is 38.1 Å². The summed E-state index contributed by atoms with van der Waals surface area (Å²) in [5.74, 6) is -0.755. The number of nitrogens with one attached hydrogen (secondary N) is 1. The Morgan fingerprint density at radius 1 is 1.09 bits per heavy atom. The first-order chi connectivity index (χ1) is 21.3. The number of thiophene rings is 1. The lowest BCUT2D eigenvalue weighted by Crippen LogP contribution is -2.19. The quantitative estimate of drug-likeness (QED) is 0.179. The molecule has 1 atom stereocenters. The summed E-state index contributed by atoms with van der Waals surface area (Å²) in [5, 5.41) is 2.07. The van der Waals surface area contributed by atoms with Crippen molar-refractivity contribution in [1.29, 1.82) is 0 Å². The summed E-state index contributed by atoms with van der Waals surface area (Å²) in [6.45, 7) is 3.96. The number of alkyl halides is 3. The second-order valence-electron chi connectivity index (χ2n) is 10.4. The first-order valence-corrected chi connectivity index (χ1v) is 16.8. The number of carbonyl (C=O) groups excluding carboxylic acids is 2. The minimum atomic E-state index is -4.95. The molecule has 0 unspecified atom stereocenters. The van der Waals surface area contributed by atoms with Crippen LogP contribution in [0.3, 0.4) is 0 Å². The number of fused-ring (bicyclic) bond motifs is 1. The number of sulfone groups is 1. The van der Waals surface area contributed by atoms with E-state index < -0.39 is 44.5 Å². The Morgan fingerprint density at radius 3 is 2.47 bits per heavy atom. The van der Waals surface area contributed by atoms with E-state index in [0.717, 1.165) is 29.7 Å². The van der Waals surface area contributed by atoms with Crippen LogP contribution in [0.5, 0.6) is 11.5 Å². The number of esters is 1. The second kappa shape index (κ2) is 14.1. The molecule has 1 aliphatic rings. The number of hydrogen-bond acceptors (Lipinski definition) is 10. The zero-order chi connectivity index (χ0) is 32.9. The van der Waals surface area contributed by atoms with Crippen molar-refractivity contribution in [2.24, 2.45) is 5.92 Å². The molecule has 1 aliphatic carbocycles. The number of aromatic nitrogens is 2. The largest absolute Gasteiger partial charge is 0.493 e. The van der Waals surface area contributed by atoms with Crippen molar-refractivity contribution in [3.05, 3.63) is 46.0 Å². The number of benzene rings is 1. The van der Waals surface area contributed by atoms with Crippen LogP contribution in [-0.4, -0.2) is 56.8 Å². The Balaban J connectivity index is 1.52. The molecule has 0 radical (unpaired) electrons. The molecule has 2 aromatic heterocycles. The van der Waals surface area contributed by atoms with Crippen molar-refractivity contribution in [1.82, 2.24) is 9.97 Å². The molecule has 244 valence electrons. The molecule has 4 rings (SSSR count). The topological polar surface area (TPSA) is 134 Å². The van der Waals surface area contributed by atoms with Gasteiger partial charge in [0.25, 0.3) is 0 Å². The van der Waals surface area contributed by atoms with Gasteiger partial charge in [-0.05, 0) is 68.4 Å². The maximum absolute atomic E-state index is 13.7. The minimum absolute atomic E-state index is 0.151. The zero-order valence-corrected chi connectivity index (χ0v) is 26.9. The van der Waals surface area contributed by atoms with E-state index in [1.54, 1.807) is 6.92 Å². The molecule has 1 amide bonds. The molecule has 1 N–H and O–H groups in total. The number of amides is 1. The Bertz CT molecular complexity index is 1670. The van der Waals surface area contributed by atoms with Gasteiger partial charge in [0.2, 0.25) is 20.9 Å². The third kappa shape index (κ3) is 7.93. The maximum Gasteiger partial charge on any atom is 0.433 e. The second-order valence-corrected chi connectivity index (χ2v) is 13.5.